The zero-order valence-corrected chi connectivity index (χ0v) is 12.0. The minimum Gasteiger partial charge on any atom is -0.384 e. The maximum atomic E-state index is 5.97. The third-order valence-corrected chi connectivity index (χ3v) is 3.82. The Labute approximate surface area is 114 Å². The van der Waals surface area contributed by atoms with Crippen molar-refractivity contribution in [2.45, 2.75) is 18.4 Å². The molecule has 0 radical (unpaired) electrons. The molecule has 1 aromatic heterocycles. The lowest BCUT2D eigenvalue weighted by molar-refractivity contribution is 0.844. The van der Waals surface area contributed by atoms with Gasteiger partial charge in [-0.15, -0.1) is 11.8 Å². The summed E-state index contributed by atoms with van der Waals surface area (Å²) in [5, 5.41) is 5.47. The van der Waals surface area contributed by atoms with Gasteiger partial charge in [0.2, 0.25) is 0 Å². The predicted octanol–water partition coefficient (Wildman–Crippen LogP) is 3.72. The van der Waals surface area contributed by atoms with Crippen molar-refractivity contribution in [3.8, 4) is 5.69 Å². The fourth-order valence-electron chi connectivity index (χ4n) is 1.46. The molecule has 0 saturated heterocycles. The Kier molecular flexibility index (Phi) is 4.12. The second-order valence-corrected chi connectivity index (χ2v) is 5.68. The third kappa shape index (κ3) is 3.04. The quantitative estimate of drug-likeness (QED) is 0.875. The van der Waals surface area contributed by atoms with Crippen LogP contribution in [0.2, 0.25) is 0 Å². The van der Waals surface area contributed by atoms with Crippen molar-refractivity contribution in [2.24, 2.45) is 0 Å². The summed E-state index contributed by atoms with van der Waals surface area (Å²) in [6.45, 7) is 2.15. The second kappa shape index (κ2) is 5.60. The average molecular weight is 312 g/mol. The highest BCUT2D eigenvalue weighted by Crippen LogP contribution is 2.23. The Hall–Kier alpha value is -0.940. The van der Waals surface area contributed by atoms with Crippen LogP contribution < -0.4 is 5.73 Å². The van der Waals surface area contributed by atoms with Gasteiger partial charge in [-0.2, -0.15) is 5.10 Å². The number of anilines is 1. The van der Waals surface area contributed by atoms with Gasteiger partial charge in [-0.3, -0.25) is 0 Å². The molecule has 90 valence electrons. The monoisotopic (exact) mass is 311 g/mol. The van der Waals surface area contributed by atoms with E-state index in [9.17, 15) is 0 Å². The normalized spacial score (nSPS) is 10.7. The predicted molar refractivity (Wildman–Crippen MR) is 76.7 cm³/mol. The molecule has 0 bridgehead atoms. The molecule has 2 N–H and O–H groups in total. The zero-order chi connectivity index (χ0) is 12.3. The number of halogens is 1. The molecule has 1 aromatic carbocycles. The van der Waals surface area contributed by atoms with E-state index in [0.29, 0.717) is 5.82 Å². The van der Waals surface area contributed by atoms with E-state index < -0.39 is 0 Å². The van der Waals surface area contributed by atoms with Gasteiger partial charge in [0.1, 0.15) is 10.8 Å². The molecule has 17 heavy (non-hydrogen) atoms. The van der Waals surface area contributed by atoms with Gasteiger partial charge in [-0.1, -0.05) is 28.9 Å². The Morgan fingerprint density at radius 3 is 2.94 bits per heavy atom. The number of nitrogens with zero attached hydrogens (tertiary/aromatic N) is 2. The second-order valence-electron chi connectivity index (χ2n) is 3.65. The summed E-state index contributed by atoms with van der Waals surface area (Å²) in [5.41, 5.74) is 6.94. The average Bonchev–Trinajstić information content (AvgIpc) is 2.68. The summed E-state index contributed by atoms with van der Waals surface area (Å²) in [5.74, 6) is 1.73. The standard InChI is InChI=1S/C12H14BrN3S/c1-2-6-17-12-8-11(14)16(15-12)10-5-3-4-9(13)7-10/h3-5,7-8H,2,6,14H2,1H3. The van der Waals surface area contributed by atoms with Gasteiger partial charge in [0, 0.05) is 10.5 Å². The van der Waals surface area contributed by atoms with Crippen LogP contribution in [0.15, 0.2) is 39.8 Å². The van der Waals surface area contributed by atoms with E-state index in [-0.39, 0.29) is 0 Å². The van der Waals surface area contributed by atoms with Gasteiger partial charge in [0.25, 0.3) is 0 Å². The fourth-order valence-corrected chi connectivity index (χ4v) is 2.61. The number of aromatic nitrogens is 2. The molecule has 5 heteroatoms. The van der Waals surface area contributed by atoms with Crippen LogP contribution in [0.25, 0.3) is 5.69 Å². The Bertz CT molecular complexity index is 510. The van der Waals surface area contributed by atoms with E-state index in [0.717, 1.165) is 27.4 Å². The van der Waals surface area contributed by atoms with E-state index >= 15 is 0 Å². The minimum atomic E-state index is 0.668. The number of hydrogen-bond donors (Lipinski definition) is 1. The van der Waals surface area contributed by atoms with E-state index in [1.165, 1.54) is 0 Å². The molecule has 0 spiro atoms. The van der Waals surface area contributed by atoms with E-state index in [1.54, 1.807) is 16.4 Å². The van der Waals surface area contributed by atoms with Crippen molar-refractivity contribution >= 4 is 33.5 Å². The zero-order valence-electron chi connectivity index (χ0n) is 9.56. The largest absolute Gasteiger partial charge is 0.384 e. The van der Waals surface area contributed by atoms with Crippen LogP contribution in [0.4, 0.5) is 5.82 Å². The third-order valence-electron chi connectivity index (χ3n) is 2.22. The topological polar surface area (TPSA) is 43.8 Å². The van der Waals surface area contributed by atoms with Gasteiger partial charge in [0.15, 0.2) is 0 Å². The van der Waals surface area contributed by atoms with Gasteiger partial charge < -0.3 is 5.73 Å². The molecule has 0 saturated carbocycles. The molecular formula is C12H14BrN3S. The molecular weight excluding hydrogens is 298 g/mol. The highest BCUT2D eigenvalue weighted by molar-refractivity contribution is 9.10. The molecule has 2 rings (SSSR count). The molecule has 0 aliphatic heterocycles. The first-order chi connectivity index (χ1) is 8.20. The van der Waals surface area contributed by atoms with Crippen LogP contribution in [-0.4, -0.2) is 15.5 Å². The number of benzene rings is 1. The minimum absolute atomic E-state index is 0.668. The van der Waals surface area contributed by atoms with Gasteiger partial charge in [0.05, 0.1) is 5.69 Å². The molecule has 0 atom stereocenters. The van der Waals surface area contributed by atoms with E-state index in [2.05, 4.69) is 28.0 Å². The highest BCUT2D eigenvalue weighted by Gasteiger charge is 2.07. The molecule has 3 nitrogen and oxygen atoms in total. The van der Waals surface area contributed by atoms with Crippen LogP contribution >= 0.6 is 27.7 Å². The van der Waals surface area contributed by atoms with Crippen molar-refractivity contribution in [1.82, 2.24) is 9.78 Å². The first-order valence-corrected chi connectivity index (χ1v) is 7.23. The molecule has 0 fully saturated rings. The van der Waals surface area contributed by atoms with Crippen molar-refractivity contribution in [3.63, 3.8) is 0 Å². The summed E-state index contributed by atoms with van der Waals surface area (Å²) in [7, 11) is 0. The molecule has 0 unspecified atom stereocenters. The summed E-state index contributed by atoms with van der Waals surface area (Å²) >= 11 is 5.18. The molecule has 0 aliphatic rings. The maximum Gasteiger partial charge on any atom is 0.128 e. The summed E-state index contributed by atoms with van der Waals surface area (Å²) in [6.07, 6.45) is 1.13. The SMILES string of the molecule is CCCSc1cc(N)n(-c2cccc(Br)c2)n1. The van der Waals surface area contributed by atoms with Crippen LogP contribution in [0.3, 0.4) is 0 Å². The van der Waals surface area contributed by atoms with E-state index in [1.807, 2.05) is 30.3 Å². The molecule has 0 aliphatic carbocycles. The van der Waals surface area contributed by atoms with E-state index in [4.69, 9.17) is 5.73 Å². The Balaban J connectivity index is 2.29. The smallest absolute Gasteiger partial charge is 0.128 e. The lowest BCUT2D eigenvalue weighted by atomic mass is 10.3. The van der Waals surface area contributed by atoms with Crippen LogP contribution in [0.1, 0.15) is 13.3 Å². The number of nitrogen functional groups attached to an aromatic ring is 1. The first kappa shape index (κ1) is 12.5. The van der Waals surface area contributed by atoms with Crippen molar-refractivity contribution in [2.75, 3.05) is 11.5 Å². The maximum absolute atomic E-state index is 5.97. The number of hydrogen-bond acceptors (Lipinski definition) is 3. The lowest BCUT2D eigenvalue weighted by Crippen LogP contribution is -2.01. The summed E-state index contributed by atoms with van der Waals surface area (Å²) in [4.78, 5) is 0. The summed E-state index contributed by atoms with van der Waals surface area (Å²) < 4.78 is 2.79. The van der Waals surface area contributed by atoms with Crippen molar-refractivity contribution in [3.05, 3.63) is 34.8 Å². The number of thioether (sulfide) groups is 1. The van der Waals surface area contributed by atoms with Gasteiger partial charge >= 0.3 is 0 Å². The molecule has 2 aromatic rings. The first-order valence-electron chi connectivity index (χ1n) is 5.45. The Morgan fingerprint density at radius 2 is 2.24 bits per heavy atom. The van der Waals surface area contributed by atoms with Crippen LogP contribution in [0, 0.1) is 0 Å². The highest BCUT2D eigenvalue weighted by atomic mass is 79.9. The van der Waals surface area contributed by atoms with Crippen molar-refractivity contribution in [1.29, 1.82) is 0 Å². The lowest BCUT2D eigenvalue weighted by Gasteiger charge is -2.03. The number of rotatable bonds is 4. The molecule has 0 amide bonds. The molecule has 1 heterocycles. The van der Waals surface area contributed by atoms with Crippen LogP contribution in [0.5, 0.6) is 0 Å². The summed E-state index contributed by atoms with van der Waals surface area (Å²) in [6, 6.07) is 9.86. The van der Waals surface area contributed by atoms with Gasteiger partial charge in [-0.25, -0.2) is 4.68 Å². The Morgan fingerprint density at radius 1 is 1.41 bits per heavy atom. The van der Waals surface area contributed by atoms with Crippen LogP contribution in [-0.2, 0) is 0 Å². The fraction of sp³-hybridized carbons (Fsp3) is 0.250. The number of nitrogens with two attached hydrogens (primary N) is 1. The van der Waals surface area contributed by atoms with Gasteiger partial charge in [-0.05, 0) is 30.4 Å². The van der Waals surface area contributed by atoms with Crippen molar-refractivity contribution < 1.29 is 0 Å².